The van der Waals surface area contributed by atoms with Crippen LogP contribution in [0.3, 0.4) is 0 Å². The van der Waals surface area contributed by atoms with Crippen molar-refractivity contribution in [3.8, 4) is 0 Å². The number of amides is 1. The lowest BCUT2D eigenvalue weighted by Gasteiger charge is -2.42. The summed E-state index contributed by atoms with van der Waals surface area (Å²) in [6.45, 7) is 2.25. The highest BCUT2D eigenvalue weighted by Gasteiger charge is 2.54. The maximum absolute atomic E-state index is 12.1. The maximum Gasteiger partial charge on any atom is 0.314 e. The Kier molecular flexibility index (Phi) is 2.91. The van der Waals surface area contributed by atoms with E-state index in [0.717, 1.165) is 19.3 Å². The van der Waals surface area contributed by atoms with E-state index in [2.05, 4.69) is 0 Å². The van der Waals surface area contributed by atoms with Gasteiger partial charge in [-0.05, 0) is 26.2 Å². The molecule has 0 aromatic carbocycles. The molecule has 4 heteroatoms. The van der Waals surface area contributed by atoms with Crippen LogP contribution in [0.25, 0.3) is 0 Å². The number of piperidine rings is 1. The average Bonchev–Trinajstić information content (AvgIpc) is 2.70. The van der Waals surface area contributed by atoms with Gasteiger partial charge in [-0.2, -0.15) is 0 Å². The van der Waals surface area contributed by atoms with Crippen LogP contribution in [0, 0.1) is 5.41 Å². The second-order valence-electron chi connectivity index (χ2n) is 4.79. The molecule has 1 saturated heterocycles. The van der Waals surface area contributed by atoms with Crippen molar-refractivity contribution >= 4 is 11.9 Å². The van der Waals surface area contributed by atoms with Crippen LogP contribution in [0.2, 0.25) is 0 Å². The first-order valence-corrected chi connectivity index (χ1v) is 6.04. The van der Waals surface area contributed by atoms with Gasteiger partial charge in [0.05, 0.1) is 12.0 Å². The molecule has 2 fully saturated rings. The zero-order valence-electron chi connectivity index (χ0n) is 9.99. The smallest absolute Gasteiger partial charge is 0.314 e. The van der Waals surface area contributed by atoms with Gasteiger partial charge in [0.15, 0.2) is 0 Å². The van der Waals surface area contributed by atoms with E-state index in [9.17, 15) is 9.59 Å². The Hall–Kier alpha value is -1.06. The third-order valence-electron chi connectivity index (χ3n) is 4.07. The molecule has 0 N–H and O–H groups in total. The molecule has 1 amide bonds. The van der Waals surface area contributed by atoms with Crippen LogP contribution in [0.5, 0.6) is 0 Å². The summed E-state index contributed by atoms with van der Waals surface area (Å²) in [6.07, 6.45) is 3.96. The number of carbonyl (C=O) groups excluding carboxylic acids is 2. The van der Waals surface area contributed by atoms with Crippen molar-refractivity contribution in [2.75, 3.05) is 13.7 Å². The fourth-order valence-corrected chi connectivity index (χ4v) is 3.20. The number of nitrogens with zero attached hydrogens (tertiary/aromatic N) is 1. The predicted molar refractivity (Wildman–Crippen MR) is 58.7 cm³/mol. The fourth-order valence-electron chi connectivity index (χ4n) is 3.20. The van der Waals surface area contributed by atoms with Crippen LogP contribution >= 0.6 is 0 Å². The number of likely N-dealkylation sites (tertiary alicyclic amines) is 1. The summed E-state index contributed by atoms with van der Waals surface area (Å²) in [5, 5.41) is 0. The number of ether oxygens (including phenoxy) is 1. The fraction of sp³-hybridized carbons (Fsp3) is 0.833. The molecular weight excluding hydrogens is 206 g/mol. The lowest BCUT2D eigenvalue weighted by atomic mass is 9.75. The van der Waals surface area contributed by atoms with Crippen molar-refractivity contribution in [2.45, 2.75) is 45.1 Å². The Balaban J connectivity index is 2.24. The molecule has 4 nitrogen and oxygen atoms in total. The third-order valence-corrected chi connectivity index (χ3v) is 4.07. The van der Waals surface area contributed by atoms with Crippen molar-refractivity contribution < 1.29 is 14.3 Å². The average molecular weight is 225 g/mol. The topological polar surface area (TPSA) is 46.6 Å². The summed E-state index contributed by atoms with van der Waals surface area (Å²) in [6, 6.07) is 0.0628. The van der Waals surface area contributed by atoms with E-state index in [0.29, 0.717) is 19.4 Å². The van der Waals surface area contributed by atoms with E-state index in [1.165, 1.54) is 0 Å². The van der Waals surface area contributed by atoms with Gasteiger partial charge in [0.2, 0.25) is 5.91 Å². The lowest BCUT2D eigenvalue weighted by molar-refractivity contribution is -0.164. The monoisotopic (exact) mass is 225 g/mol. The molecule has 16 heavy (non-hydrogen) atoms. The molecule has 1 heterocycles. The molecule has 1 aliphatic carbocycles. The summed E-state index contributed by atoms with van der Waals surface area (Å²) >= 11 is 0. The van der Waals surface area contributed by atoms with Crippen molar-refractivity contribution in [2.24, 2.45) is 5.41 Å². The maximum atomic E-state index is 12.1. The number of hydrogen-bond donors (Lipinski definition) is 0. The highest BCUT2D eigenvalue weighted by Crippen LogP contribution is 2.48. The zero-order chi connectivity index (χ0) is 11.8. The first kappa shape index (κ1) is 11.4. The van der Waals surface area contributed by atoms with Crippen molar-refractivity contribution in [3.05, 3.63) is 0 Å². The van der Waals surface area contributed by atoms with E-state index in [-0.39, 0.29) is 17.9 Å². The molecule has 1 aliphatic heterocycles. The number of fused-ring (bicyclic) bond motifs is 1. The highest BCUT2D eigenvalue weighted by atomic mass is 16.5. The Morgan fingerprint density at radius 2 is 2.31 bits per heavy atom. The molecule has 90 valence electrons. The van der Waals surface area contributed by atoms with Gasteiger partial charge in [0.25, 0.3) is 0 Å². The van der Waals surface area contributed by atoms with Crippen molar-refractivity contribution in [3.63, 3.8) is 0 Å². The number of hydrogen-bond acceptors (Lipinski definition) is 3. The number of esters is 1. The molecule has 1 saturated carbocycles. The SMILES string of the molecule is CCOC(=O)C12CCCC1N(C)C(=O)CC2. The van der Waals surface area contributed by atoms with E-state index in [1.54, 1.807) is 4.90 Å². The molecule has 2 unspecified atom stereocenters. The molecule has 0 aromatic rings. The molecule has 0 radical (unpaired) electrons. The summed E-state index contributed by atoms with van der Waals surface area (Å²) in [4.78, 5) is 25.5. The predicted octanol–water partition coefficient (Wildman–Crippen LogP) is 1.34. The Bertz CT molecular complexity index is 315. The summed E-state index contributed by atoms with van der Waals surface area (Å²) in [5.41, 5.74) is -0.404. The molecule has 0 bridgehead atoms. The number of carbonyl (C=O) groups is 2. The molecular formula is C12H19NO3. The van der Waals surface area contributed by atoms with Gasteiger partial charge in [-0.1, -0.05) is 6.42 Å². The second kappa shape index (κ2) is 4.07. The highest BCUT2D eigenvalue weighted by molar-refractivity contribution is 5.84. The standard InChI is InChI=1S/C12H19NO3/c1-3-16-11(15)12-7-4-5-9(12)13(2)10(14)6-8-12/h9H,3-8H2,1-2H3. The summed E-state index contributed by atoms with van der Waals surface area (Å²) < 4.78 is 5.19. The minimum Gasteiger partial charge on any atom is -0.466 e. The molecule has 0 spiro atoms. The molecule has 2 rings (SSSR count). The van der Waals surface area contributed by atoms with Gasteiger partial charge in [-0.25, -0.2) is 0 Å². The van der Waals surface area contributed by atoms with E-state index in [4.69, 9.17) is 4.74 Å². The van der Waals surface area contributed by atoms with Crippen LogP contribution in [-0.4, -0.2) is 36.5 Å². The van der Waals surface area contributed by atoms with E-state index >= 15 is 0 Å². The van der Waals surface area contributed by atoms with Crippen LogP contribution in [-0.2, 0) is 14.3 Å². The summed E-state index contributed by atoms with van der Waals surface area (Å²) in [5.74, 6) is 0.0590. The van der Waals surface area contributed by atoms with Crippen LogP contribution < -0.4 is 0 Å². The van der Waals surface area contributed by atoms with Gasteiger partial charge in [-0.3, -0.25) is 9.59 Å². The lowest BCUT2D eigenvalue weighted by Crippen LogP contribution is -2.54. The molecule has 2 atom stereocenters. The van der Waals surface area contributed by atoms with E-state index < -0.39 is 5.41 Å². The largest absolute Gasteiger partial charge is 0.466 e. The van der Waals surface area contributed by atoms with Crippen LogP contribution in [0.4, 0.5) is 0 Å². The van der Waals surface area contributed by atoms with Crippen LogP contribution in [0.15, 0.2) is 0 Å². The van der Waals surface area contributed by atoms with Gasteiger partial charge in [-0.15, -0.1) is 0 Å². The van der Waals surface area contributed by atoms with Gasteiger partial charge in [0, 0.05) is 19.5 Å². The van der Waals surface area contributed by atoms with Gasteiger partial charge < -0.3 is 9.64 Å². The van der Waals surface area contributed by atoms with Gasteiger partial charge in [0.1, 0.15) is 0 Å². The Morgan fingerprint density at radius 1 is 1.56 bits per heavy atom. The van der Waals surface area contributed by atoms with Gasteiger partial charge >= 0.3 is 5.97 Å². The van der Waals surface area contributed by atoms with Crippen molar-refractivity contribution in [1.82, 2.24) is 4.90 Å². The first-order chi connectivity index (χ1) is 7.62. The molecule has 0 aromatic heterocycles. The normalized spacial score (nSPS) is 33.8. The first-order valence-electron chi connectivity index (χ1n) is 6.04. The minimum absolute atomic E-state index is 0.0628. The second-order valence-corrected chi connectivity index (χ2v) is 4.79. The van der Waals surface area contributed by atoms with Crippen molar-refractivity contribution in [1.29, 1.82) is 0 Å². The van der Waals surface area contributed by atoms with Crippen LogP contribution in [0.1, 0.15) is 39.0 Å². The zero-order valence-corrected chi connectivity index (χ0v) is 9.99. The summed E-state index contributed by atoms with van der Waals surface area (Å²) in [7, 11) is 1.81. The Morgan fingerprint density at radius 3 is 3.00 bits per heavy atom. The minimum atomic E-state index is -0.404. The quantitative estimate of drug-likeness (QED) is 0.666. The number of rotatable bonds is 2. The van der Waals surface area contributed by atoms with E-state index in [1.807, 2.05) is 14.0 Å². The third kappa shape index (κ3) is 1.51. The Labute approximate surface area is 95.9 Å². The molecule has 2 aliphatic rings.